The Hall–Kier alpha value is -3.43. The van der Waals surface area contributed by atoms with E-state index in [0.717, 1.165) is 5.39 Å². The Morgan fingerprint density at radius 3 is 2.77 bits per heavy atom. The number of anilines is 2. The molecule has 5 rings (SSSR count). The number of amides is 1. The number of hydrogen-bond acceptors (Lipinski definition) is 5. The van der Waals surface area contributed by atoms with Gasteiger partial charge in [-0.3, -0.25) is 14.0 Å². The Morgan fingerprint density at radius 1 is 1.17 bits per heavy atom. The van der Waals surface area contributed by atoms with Gasteiger partial charge in [-0.05, 0) is 35.9 Å². The number of carbonyl (C=O) groups excluding carboxylic acids is 1. The summed E-state index contributed by atoms with van der Waals surface area (Å²) in [6.07, 6.45) is 2.43. The molecule has 0 saturated carbocycles. The minimum absolute atomic E-state index is 0.0177. The molecule has 1 amide bonds. The predicted molar refractivity (Wildman–Crippen MR) is 132 cm³/mol. The van der Waals surface area contributed by atoms with Gasteiger partial charge in [0, 0.05) is 35.5 Å². The van der Waals surface area contributed by atoms with Gasteiger partial charge in [-0.15, -0.1) is 0 Å². The summed E-state index contributed by atoms with van der Waals surface area (Å²) < 4.78 is 42.4. The highest BCUT2D eigenvalue weighted by atomic mass is 35.5. The van der Waals surface area contributed by atoms with E-state index in [4.69, 9.17) is 17.3 Å². The molecule has 0 bridgehead atoms. The standard InChI is InChI=1S/C25H19ClF2N4O2S/c26-19-12-16-7-6-15(11-20(16)31-23(19)29)14-32(24(33)17-3-2-9-30-13-17)21-5-1-4-18-22(21)35(34)10-8-25(18,27)28/h1-7,9,11-13H,8,10,14H2,(H2,29,31). The number of alkyl halides is 2. The lowest BCUT2D eigenvalue weighted by molar-refractivity contribution is -0.0120. The molecule has 0 spiro atoms. The van der Waals surface area contributed by atoms with Crippen molar-refractivity contribution in [3.8, 4) is 0 Å². The number of rotatable bonds is 4. The smallest absolute Gasteiger partial charge is 0.275 e. The molecule has 1 aliphatic heterocycles. The lowest BCUT2D eigenvalue weighted by atomic mass is 10.0. The molecular weight excluding hydrogens is 494 g/mol. The van der Waals surface area contributed by atoms with E-state index >= 15 is 0 Å². The second-order valence-corrected chi connectivity index (χ2v) is 10.1. The van der Waals surface area contributed by atoms with E-state index in [1.54, 1.807) is 42.5 Å². The predicted octanol–water partition coefficient (Wildman–Crippen LogP) is 5.32. The van der Waals surface area contributed by atoms with Crippen LogP contribution in [-0.4, -0.2) is 25.8 Å². The van der Waals surface area contributed by atoms with Gasteiger partial charge in [0.05, 0.1) is 44.0 Å². The maximum atomic E-state index is 14.7. The topological polar surface area (TPSA) is 89.2 Å². The molecular formula is C25H19ClF2N4O2S. The Kier molecular flexibility index (Phi) is 5.98. The summed E-state index contributed by atoms with van der Waals surface area (Å²) in [6, 6.07) is 14.5. The molecule has 1 unspecified atom stereocenters. The third kappa shape index (κ3) is 4.37. The van der Waals surface area contributed by atoms with Crippen molar-refractivity contribution >= 4 is 50.7 Å². The molecule has 178 valence electrons. The number of carbonyl (C=O) groups is 1. The SMILES string of the molecule is Nc1nc2cc(CN(C(=O)c3cccnc3)c3cccc4c3S(=O)CCC4(F)F)ccc2cc1Cl. The van der Waals surface area contributed by atoms with Gasteiger partial charge in [0.25, 0.3) is 11.8 Å². The minimum atomic E-state index is -3.13. The quantitative estimate of drug-likeness (QED) is 0.400. The molecule has 0 aliphatic carbocycles. The highest BCUT2D eigenvalue weighted by Gasteiger charge is 2.41. The summed E-state index contributed by atoms with van der Waals surface area (Å²) in [4.78, 5) is 23.3. The van der Waals surface area contributed by atoms with Crippen LogP contribution in [0.2, 0.25) is 5.02 Å². The van der Waals surface area contributed by atoms with E-state index in [1.807, 2.05) is 0 Å². The van der Waals surface area contributed by atoms with Gasteiger partial charge >= 0.3 is 0 Å². The van der Waals surface area contributed by atoms with Crippen molar-refractivity contribution in [1.29, 1.82) is 0 Å². The van der Waals surface area contributed by atoms with Crippen LogP contribution in [0.3, 0.4) is 0 Å². The monoisotopic (exact) mass is 512 g/mol. The number of halogens is 3. The Balaban J connectivity index is 1.65. The van der Waals surface area contributed by atoms with Crippen LogP contribution in [0.4, 0.5) is 20.3 Å². The van der Waals surface area contributed by atoms with Crippen LogP contribution >= 0.6 is 11.6 Å². The first kappa shape index (κ1) is 23.3. The average Bonchev–Trinajstić information content (AvgIpc) is 2.86. The Bertz CT molecular complexity index is 1480. The van der Waals surface area contributed by atoms with Gasteiger partial charge in [0.2, 0.25) is 0 Å². The van der Waals surface area contributed by atoms with E-state index in [1.165, 1.54) is 29.4 Å². The second kappa shape index (κ2) is 8.98. The normalized spacial score (nSPS) is 16.6. The number of pyridine rings is 2. The summed E-state index contributed by atoms with van der Waals surface area (Å²) in [5.41, 5.74) is 7.23. The molecule has 4 aromatic rings. The van der Waals surface area contributed by atoms with Crippen LogP contribution in [0.5, 0.6) is 0 Å². The second-order valence-electron chi connectivity index (χ2n) is 8.17. The molecule has 35 heavy (non-hydrogen) atoms. The molecule has 2 aromatic heterocycles. The van der Waals surface area contributed by atoms with E-state index in [0.29, 0.717) is 16.1 Å². The van der Waals surface area contributed by atoms with Gasteiger partial charge in [-0.25, -0.2) is 13.8 Å². The first-order chi connectivity index (χ1) is 16.7. The van der Waals surface area contributed by atoms with Crippen LogP contribution in [0.1, 0.15) is 27.9 Å². The molecule has 3 heterocycles. The fraction of sp³-hybridized carbons (Fsp3) is 0.160. The molecule has 2 aromatic carbocycles. The number of nitrogens with two attached hydrogens (primary N) is 1. The fourth-order valence-electron chi connectivity index (χ4n) is 4.12. The average molecular weight is 513 g/mol. The summed E-state index contributed by atoms with van der Waals surface area (Å²) >= 11 is 6.07. The van der Waals surface area contributed by atoms with Crippen LogP contribution in [0.25, 0.3) is 10.9 Å². The number of aromatic nitrogens is 2. The molecule has 0 radical (unpaired) electrons. The van der Waals surface area contributed by atoms with Gasteiger partial charge < -0.3 is 10.6 Å². The largest absolute Gasteiger partial charge is 0.382 e. The van der Waals surface area contributed by atoms with Crippen LogP contribution < -0.4 is 10.6 Å². The number of hydrogen-bond donors (Lipinski definition) is 1. The van der Waals surface area contributed by atoms with E-state index in [9.17, 15) is 17.8 Å². The lowest BCUT2D eigenvalue weighted by Crippen LogP contribution is -2.34. The minimum Gasteiger partial charge on any atom is -0.382 e. The molecule has 10 heteroatoms. The number of nitrogens with zero attached hydrogens (tertiary/aromatic N) is 3. The third-order valence-electron chi connectivity index (χ3n) is 5.87. The van der Waals surface area contributed by atoms with E-state index < -0.39 is 29.1 Å². The van der Waals surface area contributed by atoms with Crippen molar-refractivity contribution in [2.45, 2.75) is 23.8 Å². The lowest BCUT2D eigenvalue weighted by Gasteiger charge is -2.31. The van der Waals surface area contributed by atoms with Gasteiger partial charge in [-0.1, -0.05) is 35.9 Å². The highest BCUT2D eigenvalue weighted by Crippen LogP contribution is 2.44. The molecule has 1 atom stereocenters. The fourth-order valence-corrected chi connectivity index (χ4v) is 5.80. The molecule has 0 fully saturated rings. The van der Waals surface area contributed by atoms with Crippen molar-refractivity contribution in [2.24, 2.45) is 0 Å². The molecule has 6 nitrogen and oxygen atoms in total. The summed E-state index contributed by atoms with van der Waals surface area (Å²) in [5.74, 6) is -3.60. The van der Waals surface area contributed by atoms with Crippen LogP contribution in [0.15, 0.2) is 71.9 Å². The van der Waals surface area contributed by atoms with Gasteiger partial charge in [0.1, 0.15) is 5.82 Å². The summed E-state index contributed by atoms with van der Waals surface area (Å²) in [7, 11) is -1.69. The van der Waals surface area contributed by atoms with Gasteiger partial charge in [-0.2, -0.15) is 0 Å². The maximum absolute atomic E-state index is 14.7. The molecule has 2 N–H and O–H groups in total. The third-order valence-corrected chi connectivity index (χ3v) is 7.63. The zero-order chi connectivity index (χ0) is 24.7. The highest BCUT2D eigenvalue weighted by molar-refractivity contribution is 7.85. The van der Waals surface area contributed by atoms with Crippen molar-refractivity contribution < 1.29 is 17.8 Å². The van der Waals surface area contributed by atoms with Crippen molar-refractivity contribution in [2.75, 3.05) is 16.4 Å². The van der Waals surface area contributed by atoms with Crippen molar-refractivity contribution in [3.63, 3.8) is 0 Å². The van der Waals surface area contributed by atoms with Gasteiger partial charge in [0.15, 0.2) is 0 Å². The number of fused-ring (bicyclic) bond motifs is 2. The Labute approximate surface area is 207 Å². The number of benzene rings is 2. The van der Waals surface area contributed by atoms with Crippen molar-refractivity contribution in [3.05, 3.63) is 88.7 Å². The Morgan fingerprint density at radius 2 is 2.00 bits per heavy atom. The zero-order valence-electron chi connectivity index (χ0n) is 18.2. The first-order valence-electron chi connectivity index (χ1n) is 10.7. The van der Waals surface area contributed by atoms with Crippen LogP contribution in [-0.2, 0) is 23.3 Å². The van der Waals surface area contributed by atoms with Crippen LogP contribution in [0, 0.1) is 0 Å². The summed E-state index contributed by atoms with van der Waals surface area (Å²) in [6.45, 7) is 0.0209. The maximum Gasteiger partial charge on any atom is 0.275 e. The van der Waals surface area contributed by atoms with Crippen molar-refractivity contribution in [1.82, 2.24) is 9.97 Å². The first-order valence-corrected chi connectivity index (χ1v) is 12.4. The number of nitrogen functional groups attached to an aromatic ring is 1. The molecule has 0 saturated heterocycles. The van der Waals surface area contributed by atoms with E-state index in [-0.39, 0.29) is 39.8 Å². The zero-order valence-corrected chi connectivity index (χ0v) is 19.8. The van der Waals surface area contributed by atoms with E-state index in [2.05, 4.69) is 9.97 Å². The summed E-state index contributed by atoms with van der Waals surface area (Å²) in [5, 5.41) is 1.09. The molecule has 1 aliphatic rings.